The van der Waals surface area contributed by atoms with Gasteiger partial charge in [0.2, 0.25) is 0 Å². The maximum atomic E-state index is 12.3. The van der Waals surface area contributed by atoms with Gasteiger partial charge in [0.15, 0.2) is 0 Å². The van der Waals surface area contributed by atoms with Gasteiger partial charge in [-0.05, 0) is 42.8 Å². The Balaban J connectivity index is 2.27. The van der Waals surface area contributed by atoms with Crippen LogP contribution in [0.5, 0.6) is 0 Å². The molecule has 0 saturated heterocycles. The monoisotopic (exact) mass is 303 g/mol. The molecule has 110 valence electrons. The lowest BCUT2D eigenvalue weighted by molar-refractivity contribution is 0.102. The van der Waals surface area contributed by atoms with Crippen LogP contribution in [0.25, 0.3) is 0 Å². The molecule has 2 aromatic carbocycles. The summed E-state index contributed by atoms with van der Waals surface area (Å²) in [7, 11) is 3.92. The van der Waals surface area contributed by atoms with E-state index in [1.54, 1.807) is 18.2 Å². The largest absolute Gasteiger partial charge is 0.398 e. The van der Waals surface area contributed by atoms with E-state index in [9.17, 15) is 4.79 Å². The van der Waals surface area contributed by atoms with Crippen LogP contribution in [0, 0.1) is 6.92 Å². The minimum atomic E-state index is -0.274. The number of nitrogens with zero attached hydrogens (tertiary/aromatic N) is 1. The van der Waals surface area contributed by atoms with Crippen molar-refractivity contribution in [2.45, 2.75) is 6.92 Å². The predicted octanol–water partition coefficient (Wildman–Crippen LogP) is 3.55. The topological polar surface area (TPSA) is 58.4 Å². The van der Waals surface area contributed by atoms with Crippen LogP contribution >= 0.6 is 11.6 Å². The summed E-state index contributed by atoms with van der Waals surface area (Å²) in [5.74, 6) is -0.274. The Hall–Kier alpha value is -2.20. The third kappa shape index (κ3) is 3.47. The number of carbonyl (C=O) groups is 1. The van der Waals surface area contributed by atoms with Crippen LogP contribution in [-0.2, 0) is 0 Å². The lowest BCUT2D eigenvalue weighted by atomic mass is 10.1. The molecule has 5 heteroatoms. The van der Waals surface area contributed by atoms with Crippen molar-refractivity contribution in [1.82, 2.24) is 0 Å². The summed E-state index contributed by atoms with van der Waals surface area (Å²) in [6, 6.07) is 10.6. The summed E-state index contributed by atoms with van der Waals surface area (Å²) in [6.07, 6.45) is 0. The summed E-state index contributed by atoms with van der Waals surface area (Å²) >= 11 is 5.91. The quantitative estimate of drug-likeness (QED) is 0.853. The molecule has 0 saturated carbocycles. The van der Waals surface area contributed by atoms with Gasteiger partial charge in [-0.1, -0.05) is 17.7 Å². The maximum Gasteiger partial charge on any atom is 0.257 e. The van der Waals surface area contributed by atoms with Crippen LogP contribution < -0.4 is 16.0 Å². The molecule has 2 rings (SSSR count). The zero-order chi connectivity index (χ0) is 15.6. The van der Waals surface area contributed by atoms with Gasteiger partial charge in [-0.15, -0.1) is 0 Å². The fourth-order valence-electron chi connectivity index (χ4n) is 2.09. The van der Waals surface area contributed by atoms with Crippen molar-refractivity contribution in [2.24, 2.45) is 0 Å². The van der Waals surface area contributed by atoms with E-state index in [1.165, 1.54) is 0 Å². The minimum Gasteiger partial charge on any atom is -0.398 e. The standard InChI is InChI=1S/C16H18ClN3O/c1-10-4-6-12(9-15(10)20(2)3)19-16(21)13-8-11(17)5-7-14(13)18/h4-9H,18H2,1-3H3,(H,19,21). The fourth-order valence-corrected chi connectivity index (χ4v) is 2.26. The van der Waals surface area contributed by atoms with Crippen molar-refractivity contribution >= 4 is 34.6 Å². The number of benzene rings is 2. The van der Waals surface area contributed by atoms with Crippen LogP contribution in [0.1, 0.15) is 15.9 Å². The van der Waals surface area contributed by atoms with Crippen molar-refractivity contribution in [1.29, 1.82) is 0 Å². The van der Waals surface area contributed by atoms with E-state index < -0.39 is 0 Å². The molecular weight excluding hydrogens is 286 g/mol. The minimum absolute atomic E-state index is 0.274. The molecule has 0 aromatic heterocycles. The highest BCUT2D eigenvalue weighted by Crippen LogP contribution is 2.24. The third-order valence-electron chi connectivity index (χ3n) is 3.21. The first-order chi connectivity index (χ1) is 9.88. The number of anilines is 3. The normalized spacial score (nSPS) is 10.3. The van der Waals surface area contributed by atoms with Crippen molar-refractivity contribution < 1.29 is 4.79 Å². The number of nitrogens with two attached hydrogens (primary N) is 1. The maximum absolute atomic E-state index is 12.3. The van der Waals surface area contributed by atoms with E-state index in [-0.39, 0.29) is 5.91 Å². The molecule has 1 amide bonds. The molecule has 2 aromatic rings. The number of aryl methyl sites for hydroxylation is 1. The summed E-state index contributed by atoms with van der Waals surface area (Å²) in [5.41, 5.74) is 9.49. The molecule has 0 aliphatic rings. The second-order valence-corrected chi connectivity index (χ2v) is 5.52. The lowest BCUT2D eigenvalue weighted by Crippen LogP contribution is -2.15. The van der Waals surface area contributed by atoms with Gasteiger partial charge in [-0.25, -0.2) is 0 Å². The molecule has 0 aliphatic heterocycles. The van der Waals surface area contributed by atoms with Gasteiger partial charge < -0.3 is 16.0 Å². The van der Waals surface area contributed by atoms with Crippen molar-refractivity contribution in [3.05, 3.63) is 52.5 Å². The number of rotatable bonds is 3. The summed E-state index contributed by atoms with van der Waals surface area (Å²) in [6.45, 7) is 2.02. The molecule has 3 N–H and O–H groups in total. The molecule has 0 spiro atoms. The van der Waals surface area contributed by atoms with E-state index >= 15 is 0 Å². The molecule has 0 bridgehead atoms. The average Bonchev–Trinajstić information content (AvgIpc) is 2.43. The number of nitrogens with one attached hydrogen (secondary N) is 1. The van der Waals surface area contributed by atoms with Crippen LogP contribution in [0.15, 0.2) is 36.4 Å². The molecule has 21 heavy (non-hydrogen) atoms. The van der Waals surface area contributed by atoms with Gasteiger partial charge in [0, 0.05) is 36.2 Å². The highest BCUT2D eigenvalue weighted by atomic mass is 35.5. The number of nitrogen functional groups attached to an aromatic ring is 1. The van der Waals surface area contributed by atoms with Gasteiger partial charge in [0.25, 0.3) is 5.91 Å². The Bertz CT molecular complexity index is 683. The van der Waals surface area contributed by atoms with Gasteiger partial charge in [0.05, 0.1) is 5.56 Å². The smallest absolute Gasteiger partial charge is 0.257 e. The van der Waals surface area contributed by atoms with Gasteiger partial charge in [-0.3, -0.25) is 4.79 Å². The number of amides is 1. The molecule has 0 atom stereocenters. The number of hydrogen-bond donors (Lipinski definition) is 2. The Morgan fingerprint density at radius 1 is 1.19 bits per heavy atom. The van der Waals surface area contributed by atoms with E-state index in [1.807, 2.05) is 44.1 Å². The zero-order valence-corrected chi connectivity index (χ0v) is 13.0. The fraction of sp³-hybridized carbons (Fsp3) is 0.188. The van der Waals surface area contributed by atoms with Crippen molar-refractivity contribution in [2.75, 3.05) is 30.0 Å². The highest BCUT2D eigenvalue weighted by Gasteiger charge is 2.11. The highest BCUT2D eigenvalue weighted by molar-refractivity contribution is 6.31. The van der Waals surface area contributed by atoms with Crippen molar-refractivity contribution in [3.8, 4) is 0 Å². The molecule has 0 unspecified atom stereocenters. The predicted molar refractivity (Wildman–Crippen MR) is 89.3 cm³/mol. The van der Waals surface area contributed by atoms with E-state index in [0.29, 0.717) is 22.0 Å². The second kappa shape index (κ2) is 6.06. The average molecular weight is 304 g/mol. The number of halogens is 1. The third-order valence-corrected chi connectivity index (χ3v) is 3.44. The summed E-state index contributed by atoms with van der Waals surface area (Å²) < 4.78 is 0. The molecule has 0 fully saturated rings. The van der Waals surface area contributed by atoms with Crippen LogP contribution in [0.3, 0.4) is 0 Å². The van der Waals surface area contributed by atoms with Crippen molar-refractivity contribution in [3.63, 3.8) is 0 Å². The molecule has 0 aliphatic carbocycles. The first-order valence-corrected chi connectivity index (χ1v) is 6.90. The van der Waals surface area contributed by atoms with Gasteiger partial charge in [0.1, 0.15) is 0 Å². The Labute approximate surface area is 129 Å². The molecule has 0 radical (unpaired) electrons. The van der Waals surface area contributed by atoms with E-state index in [4.69, 9.17) is 17.3 Å². The van der Waals surface area contributed by atoms with Crippen LogP contribution in [0.4, 0.5) is 17.1 Å². The lowest BCUT2D eigenvalue weighted by Gasteiger charge is -2.17. The molecule has 0 heterocycles. The van der Waals surface area contributed by atoms with Crippen LogP contribution in [-0.4, -0.2) is 20.0 Å². The van der Waals surface area contributed by atoms with E-state index in [2.05, 4.69) is 5.32 Å². The van der Waals surface area contributed by atoms with Gasteiger partial charge >= 0.3 is 0 Å². The Kier molecular flexibility index (Phi) is 4.38. The van der Waals surface area contributed by atoms with Crippen LogP contribution in [0.2, 0.25) is 5.02 Å². The number of carbonyl (C=O) groups excluding carboxylic acids is 1. The second-order valence-electron chi connectivity index (χ2n) is 5.08. The first-order valence-electron chi connectivity index (χ1n) is 6.53. The van der Waals surface area contributed by atoms with E-state index in [0.717, 1.165) is 11.3 Å². The summed E-state index contributed by atoms with van der Waals surface area (Å²) in [4.78, 5) is 14.3. The summed E-state index contributed by atoms with van der Waals surface area (Å²) in [5, 5.41) is 3.32. The van der Waals surface area contributed by atoms with Gasteiger partial charge in [-0.2, -0.15) is 0 Å². The Morgan fingerprint density at radius 3 is 2.57 bits per heavy atom. The zero-order valence-electron chi connectivity index (χ0n) is 12.3. The first kappa shape index (κ1) is 15.2. The number of hydrogen-bond acceptors (Lipinski definition) is 3. The Morgan fingerprint density at radius 2 is 1.90 bits per heavy atom. The molecule has 4 nitrogen and oxygen atoms in total. The SMILES string of the molecule is Cc1ccc(NC(=O)c2cc(Cl)ccc2N)cc1N(C)C. The molecular formula is C16H18ClN3O.